The smallest absolute Gasteiger partial charge is 0.157 e. The number of fused-ring (bicyclic) bond motifs is 3. The van der Waals surface area contributed by atoms with E-state index in [0.29, 0.717) is 6.54 Å². The van der Waals surface area contributed by atoms with Crippen molar-refractivity contribution in [2.45, 2.75) is 19.9 Å². The van der Waals surface area contributed by atoms with Crippen LogP contribution in [0.25, 0.3) is 5.69 Å². The van der Waals surface area contributed by atoms with Gasteiger partial charge in [0.25, 0.3) is 0 Å². The standard InChI is InChI=1S/C12H14N4O/c1-3-11-14-15-12-7-13-9-6-8(17-2)4-5-10(9)16(11)12/h4-6,13H,3,7H2,1-2H3. The number of ether oxygens (including phenoxy) is 1. The molecule has 2 heterocycles. The van der Waals surface area contributed by atoms with Crippen molar-refractivity contribution in [3.63, 3.8) is 0 Å². The van der Waals surface area contributed by atoms with Gasteiger partial charge in [0.1, 0.15) is 11.6 Å². The molecule has 0 aliphatic carbocycles. The number of benzene rings is 1. The summed E-state index contributed by atoms with van der Waals surface area (Å²) in [5.41, 5.74) is 2.15. The molecule has 1 aliphatic rings. The molecule has 0 amide bonds. The minimum atomic E-state index is 0.702. The minimum Gasteiger partial charge on any atom is -0.497 e. The van der Waals surface area contributed by atoms with Gasteiger partial charge in [-0.15, -0.1) is 10.2 Å². The van der Waals surface area contributed by atoms with Gasteiger partial charge in [0.05, 0.1) is 25.0 Å². The predicted molar refractivity (Wildman–Crippen MR) is 64.6 cm³/mol. The van der Waals surface area contributed by atoms with E-state index in [9.17, 15) is 0 Å². The quantitative estimate of drug-likeness (QED) is 0.854. The number of aryl methyl sites for hydroxylation is 1. The van der Waals surface area contributed by atoms with Gasteiger partial charge in [0.15, 0.2) is 5.82 Å². The molecular formula is C12H14N4O. The van der Waals surface area contributed by atoms with E-state index >= 15 is 0 Å². The second-order valence-corrected chi connectivity index (χ2v) is 3.96. The van der Waals surface area contributed by atoms with Crippen LogP contribution in [0.1, 0.15) is 18.6 Å². The summed E-state index contributed by atoms with van der Waals surface area (Å²) >= 11 is 0. The highest BCUT2D eigenvalue weighted by atomic mass is 16.5. The van der Waals surface area contributed by atoms with Crippen LogP contribution in [0.5, 0.6) is 5.75 Å². The summed E-state index contributed by atoms with van der Waals surface area (Å²) in [6.07, 6.45) is 0.873. The van der Waals surface area contributed by atoms with Gasteiger partial charge in [0.2, 0.25) is 0 Å². The van der Waals surface area contributed by atoms with E-state index in [0.717, 1.165) is 35.2 Å². The van der Waals surface area contributed by atoms with Crippen LogP contribution in [0.15, 0.2) is 18.2 Å². The second-order valence-electron chi connectivity index (χ2n) is 3.96. The third-order valence-corrected chi connectivity index (χ3v) is 2.99. The summed E-state index contributed by atoms with van der Waals surface area (Å²) in [6.45, 7) is 2.79. The van der Waals surface area contributed by atoms with E-state index in [2.05, 4.69) is 27.0 Å². The lowest BCUT2D eigenvalue weighted by Crippen LogP contribution is -2.17. The first-order chi connectivity index (χ1) is 8.33. The van der Waals surface area contributed by atoms with Crippen LogP contribution >= 0.6 is 0 Å². The molecule has 17 heavy (non-hydrogen) atoms. The van der Waals surface area contributed by atoms with E-state index in [-0.39, 0.29) is 0 Å². The average Bonchev–Trinajstić information content (AvgIpc) is 2.81. The first kappa shape index (κ1) is 10.1. The van der Waals surface area contributed by atoms with E-state index in [4.69, 9.17) is 4.74 Å². The number of nitrogens with zero attached hydrogens (tertiary/aromatic N) is 3. The molecule has 5 heteroatoms. The lowest BCUT2D eigenvalue weighted by molar-refractivity contribution is 0.415. The Morgan fingerprint density at radius 1 is 1.41 bits per heavy atom. The van der Waals surface area contributed by atoms with Gasteiger partial charge >= 0.3 is 0 Å². The van der Waals surface area contributed by atoms with Crippen LogP contribution in [0.3, 0.4) is 0 Å². The van der Waals surface area contributed by atoms with E-state index in [1.807, 2.05) is 18.2 Å². The highest BCUT2D eigenvalue weighted by Gasteiger charge is 2.20. The predicted octanol–water partition coefficient (Wildman–Crippen LogP) is 1.76. The number of anilines is 1. The average molecular weight is 230 g/mol. The number of hydrogen-bond donors (Lipinski definition) is 1. The maximum Gasteiger partial charge on any atom is 0.157 e. The molecule has 0 radical (unpaired) electrons. The fourth-order valence-electron chi connectivity index (χ4n) is 2.13. The molecule has 1 aliphatic heterocycles. The zero-order valence-corrected chi connectivity index (χ0v) is 9.90. The van der Waals surface area contributed by atoms with Crippen molar-refractivity contribution in [1.82, 2.24) is 14.8 Å². The van der Waals surface area contributed by atoms with Crippen molar-refractivity contribution in [3.05, 3.63) is 29.8 Å². The molecule has 0 unspecified atom stereocenters. The Morgan fingerprint density at radius 3 is 3.06 bits per heavy atom. The fourth-order valence-corrected chi connectivity index (χ4v) is 2.13. The van der Waals surface area contributed by atoms with Crippen LogP contribution in [0, 0.1) is 0 Å². The number of nitrogens with one attached hydrogen (secondary N) is 1. The Kier molecular flexibility index (Phi) is 2.24. The molecule has 1 aromatic heterocycles. The van der Waals surface area contributed by atoms with Crippen molar-refractivity contribution in [2.24, 2.45) is 0 Å². The van der Waals surface area contributed by atoms with E-state index in [1.165, 1.54) is 0 Å². The third kappa shape index (κ3) is 1.46. The molecule has 0 bridgehead atoms. The summed E-state index contributed by atoms with van der Waals surface area (Å²) in [5.74, 6) is 2.80. The Morgan fingerprint density at radius 2 is 2.29 bits per heavy atom. The monoisotopic (exact) mass is 230 g/mol. The highest BCUT2D eigenvalue weighted by Crippen LogP contribution is 2.31. The van der Waals surface area contributed by atoms with Gasteiger partial charge in [-0.1, -0.05) is 6.92 Å². The van der Waals surface area contributed by atoms with Gasteiger partial charge in [-0.3, -0.25) is 4.57 Å². The summed E-state index contributed by atoms with van der Waals surface area (Å²) < 4.78 is 7.34. The molecular weight excluding hydrogens is 216 g/mol. The first-order valence-electron chi connectivity index (χ1n) is 5.69. The Bertz CT molecular complexity index is 548. The first-order valence-corrected chi connectivity index (χ1v) is 5.69. The molecule has 1 aromatic carbocycles. The Labute approximate surface area is 99.4 Å². The molecule has 88 valence electrons. The summed E-state index contributed by atoms with van der Waals surface area (Å²) in [4.78, 5) is 0. The number of rotatable bonds is 2. The lowest BCUT2D eigenvalue weighted by atomic mass is 10.2. The summed E-state index contributed by atoms with van der Waals surface area (Å²) in [6, 6.07) is 5.99. The van der Waals surface area contributed by atoms with Crippen molar-refractivity contribution in [3.8, 4) is 11.4 Å². The summed E-state index contributed by atoms with van der Waals surface area (Å²) in [5, 5.41) is 11.7. The normalized spacial score (nSPS) is 12.6. The van der Waals surface area contributed by atoms with E-state index in [1.54, 1.807) is 7.11 Å². The molecule has 1 N–H and O–H groups in total. The van der Waals surface area contributed by atoms with Gasteiger partial charge in [-0.05, 0) is 12.1 Å². The number of hydrogen-bond acceptors (Lipinski definition) is 4. The maximum absolute atomic E-state index is 5.23. The summed E-state index contributed by atoms with van der Waals surface area (Å²) in [7, 11) is 1.67. The van der Waals surface area contributed by atoms with Crippen LogP contribution in [-0.4, -0.2) is 21.9 Å². The van der Waals surface area contributed by atoms with E-state index < -0.39 is 0 Å². The number of methoxy groups -OCH3 is 1. The van der Waals surface area contributed by atoms with Crippen LogP contribution in [0.2, 0.25) is 0 Å². The zero-order chi connectivity index (χ0) is 11.8. The van der Waals surface area contributed by atoms with Gasteiger partial charge in [-0.2, -0.15) is 0 Å². The largest absolute Gasteiger partial charge is 0.497 e. The van der Waals surface area contributed by atoms with Crippen LogP contribution in [-0.2, 0) is 13.0 Å². The molecule has 2 aromatic rings. The van der Waals surface area contributed by atoms with Crippen molar-refractivity contribution in [2.75, 3.05) is 12.4 Å². The Balaban J connectivity index is 2.18. The number of aromatic nitrogens is 3. The second kappa shape index (κ2) is 3.76. The molecule has 0 saturated heterocycles. The van der Waals surface area contributed by atoms with Crippen molar-refractivity contribution < 1.29 is 4.74 Å². The van der Waals surface area contributed by atoms with Crippen molar-refractivity contribution in [1.29, 1.82) is 0 Å². The SMILES string of the molecule is CCc1nnc2n1-c1ccc(OC)cc1NC2. The molecule has 0 saturated carbocycles. The third-order valence-electron chi connectivity index (χ3n) is 2.99. The lowest BCUT2D eigenvalue weighted by Gasteiger charge is -2.21. The highest BCUT2D eigenvalue weighted by molar-refractivity contribution is 5.66. The molecule has 5 nitrogen and oxygen atoms in total. The van der Waals surface area contributed by atoms with Crippen LogP contribution < -0.4 is 10.1 Å². The van der Waals surface area contributed by atoms with Crippen LogP contribution in [0.4, 0.5) is 5.69 Å². The van der Waals surface area contributed by atoms with Gasteiger partial charge < -0.3 is 10.1 Å². The molecule has 0 fully saturated rings. The minimum absolute atomic E-state index is 0.702. The molecule has 3 rings (SSSR count). The van der Waals surface area contributed by atoms with Gasteiger partial charge in [-0.25, -0.2) is 0 Å². The Hall–Kier alpha value is -2.04. The zero-order valence-electron chi connectivity index (χ0n) is 9.90. The maximum atomic E-state index is 5.23. The fraction of sp³-hybridized carbons (Fsp3) is 0.333. The topological polar surface area (TPSA) is 52.0 Å². The van der Waals surface area contributed by atoms with Gasteiger partial charge in [0, 0.05) is 12.5 Å². The van der Waals surface area contributed by atoms with Crippen molar-refractivity contribution >= 4 is 5.69 Å². The molecule has 0 spiro atoms. The molecule has 0 atom stereocenters.